The van der Waals surface area contributed by atoms with Crippen molar-refractivity contribution in [3.05, 3.63) is 34.0 Å². The van der Waals surface area contributed by atoms with Gasteiger partial charge in [-0.2, -0.15) is 0 Å². The molecular formula is C21H35IN8OS. The van der Waals surface area contributed by atoms with Crippen molar-refractivity contribution in [1.29, 1.82) is 0 Å². The quantitative estimate of drug-likeness (QED) is 0.241. The smallest absolute Gasteiger partial charge is 0.234 e. The number of halogens is 1. The number of likely N-dealkylation sites (tertiary alicyclic amines) is 1. The first-order chi connectivity index (χ1) is 15.0. The first kappa shape index (κ1) is 26.5. The van der Waals surface area contributed by atoms with Crippen LogP contribution >= 0.6 is 35.3 Å². The molecule has 1 saturated heterocycles. The molecule has 0 radical (unpaired) electrons. The highest BCUT2D eigenvalue weighted by molar-refractivity contribution is 14.0. The van der Waals surface area contributed by atoms with Gasteiger partial charge in [-0.05, 0) is 37.6 Å². The van der Waals surface area contributed by atoms with Crippen molar-refractivity contribution >= 4 is 47.2 Å². The fourth-order valence-corrected chi connectivity index (χ4v) is 4.07. The van der Waals surface area contributed by atoms with E-state index in [-0.39, 0.29) is 29.9 Å². The van der Waals surface area contributed by atoms with Crippen LogP contribution in [-0.4, -0.2) is 63.8 Å². The van der Waals surface area contributed by atoms with Crippen LogP contribution in [0.15, 0.2) is 22.5 Å². The van der Waals surface area contributed by atoms with Gasteiger partial charge in [0.15, 0.2) is 11.8 Å². The molecule has 0 aromatic carbocycles. The average molecular weight is 575 g/mol. The number of aliphatic imine (C=N–C) groups is 1. The van der Waals surface area contributed by atoms with Gasteiger partial charge in [0, 0.05) is 37.6 Å². The minimum absolute atomic E-state index is 0. The molecule has 0 aliphatic carbocycles. The molecule has 1 aliphatic heterocycles. The SMILES string of the molecule is CCCNC(=O)CN1CCC(NC(=NCc2nnc(C)n2C)NCc2cccs2)CC1.I. The fraction of sp³-hybridized carbons (Fsp3) is 0.619. The molecule has 3 rings (SSSR count). The van der Waals surface area contributed by atoms with Gasteiger partial charge in [-0.1, -0.05) is 13.0 Å². The summed E-state index contributed by atoms with van der Waals surface area (Å²) >= 11 is 1.73. The Bertz CT molecular complexity index is 846. The number of guanidine groups is 1. The Kier molecular flexibility index (Phi) is 11.4. The summed E-state index contributed by atoms with van der Waals surface area (Å²) in [5, 5.41) is 20.4. The molecule has 0 bridgehead atoms. The fourth-order valence-electron chi connectivity index (χ4n) is 3.43. The lowest BCUT2D eigenvalue weighted by molar-refractivity contribution is -0.122. The maximum Gasteiger partial charge on any atom is 0.234 e. The van der Waals surface area contributed by atoms with E-state index in [9.17, 15) is 4.79 Å². The summed E-state index contributed by atoms with van der Waals surface area (Å²) in [7, 11) is 1.96. The largest absolute Gasteiger partial charge is 0.355 e. The van der Waals surface area contributed by atoms with Gasteiger partial charge in [-0.15, -0.1) is 45.5 Å². The highest BCUT2D eigenvalue weighted by atomic mass is 127. The summed E-state index contributed by atoms with van der Waals surface area (Å²) in [6, 6.07) is 4.50. The lowest BCUT2D eigenvalue weighted by atomic mass is 10.1. The molecule has 1 aliphatic rings. The van der Waals surface area contributed by atoms with Crippen LogP contribution in [0.3, 0.4) is 0 Å². The number of hydrogen-bond donors (Lipinski definition) is 3. The van der Waals surface area contributed by atoms with Gasteiger partial charge in [0.1, 0.15) is 12.4 Å². The van der Waals surface area contributed by atoms with Crippen LogP contribution in [0, 0.1) is 6.92 Å². The monoisotopic (exact) mass is 574 g/mol. The van der Waals surface area contributed by atoms with E-state index in [1.54, 1.807) is 11.3 Å². The molecule has 3 N–H and O–H groups in total. The number of nitrogens with zero attached hydrogens (tertiary/aromatic N) is 5. The predicted molar refractivity (Wildman–Crippen MR) is 139 cm³/mol. The third-order valence-electron chi connectivity index (χ3n) is 5.44. The van der Waals surface area contributed by atoms with E-state index in [2.05, 4.69) is 55.5 Å². The predicted octanol–water partition coefficient (Wildman–Crippen LogP) is 2.03. The molecular weight excluding hydrogens is 539 g/mol. The number of carbonyl (C=O) groups is 1. The number of thiophene rings is 1. The maximum atomic E-state index is 12.0. The Hall–Kier alpha value is -1.73. The molecule has 0 unspecified atom stereocenters. The zero-order chi connectivity index (χ0) is 22.1. The van der Waals surface area contributed by atoms with Crippen LogP contribution in [0.4, 0.5) is 0 Å². The highest BCUT2D eigenvalue weighted by Gasteiger charge is 2.21. The van der Waals surface area contributed by atoms with Crippen molar-refractivity contribution in [2.24, 2.45) is 12.0 Å². The highest BCUT2D eigenvalue weighted by Crippen LogP contribution is 2.11. The molecule has 1 amide bonds. The summed E-state index contributed by atoms with van der Waals surface area (Å²) < 4.78 is 1.96. The number of rotatable bonds is 9. The maximum absolute atomic E-state index is 12.0. The number of hydrogen-bond acceptors (Lipinski definition) is 6. The molecule has 1 fully saturated rings. The molecule has 0 saturated carbocycles. The molecule has 0 atom stereocenters. The number of aryl methyl sites for hydroxylation is 1. The van der Waals surface area contributed by atoms with Crippen molar-refractivity contribution in [2.45, 2.75) is 52.2 Å². The van der Waals surface area contributed by atoms with Gasteiger partial charge in [-0.3, -0.25) is 9.69 Å². The number of aromatic nitrogens is 3. The first-order valence-corrected chi connectivity index (χ1v) is 11.8. The second kappa shape index (κ2) is 13.7. The normalized spacial score (nSPS) is 15.3. The zero-order valence-corrected chi connectivity index (χ0v) is 22.3. The average Bonchev–Trinajstić information content (AvgIpc) is 3.40. The second-order valence-corrected chi connectivity index (χ2v) is 8.90. The van der Waals surface area contributed by atoms with Gasteiger partial charge < -0.3 is 20.5 Å². The third-order valence-corrected chi connectivity index (χ3v) is 6.32. The van der Waals surface area contributed by atoms with Crippen molar-refractivity contribution in [3.8, 4) is 0 Å². The summed E-state index contributed by atoms with van der Waals surface area (Å²) in [4.78, 5) is 20.2. The molecule has 11 heteroatoms. The Balaban J connectivity index is 0.00000363. The molecule has 3 heterocycles. The summed E-state index contributed by atoms with van der Waals surface area (Å²) in [5.41, 5.74) is 0. The van der Waals surface area contributed by atoms with E-state index in [1.165, 1.54) is 4.88 Å². The number of nitrogens with one attached hydrogen (secondary N) is 3. The van der Waals surface area contributed by atoms with Crippen molar-refractivity contribution < 1.29 is 4.79 Å². The summed E-state index contributed by atoms with van der Waals surface area (Å²) in [6.45, 7) is 8.23. The zero-order valence-electron chi connectivity index (χ0n) is 19.1. The lowest BCUT2D eigenvalue weighted by Crippen LogP contribution is -2.50. The standard InChI is InChI=1S/C21H34N8OS.HI/c1-4-9-22-20(30)15-29-10-7-17(8-11-29)25-21(23-13-18-6-5-12-31-18)24-14-19-27-26-16(2)28(19)3;/h5-6,12,17H,4,7-11,13-15H2,1-3H3,(H,22,30)(H2,23,24,25);1H. The van der Waals surface area contributed by atoms with Gasteiger partial charge in [-0.25, -0.2) is 4.99 Å². The first-order valence-electron chi connectivity index (χ1n) is 11.0. The van der Waals surface area contributed by atoms with E-state index in [1.807, 2.05) is 18.5 Å². The minimum atomic E-state index is 0. The number of piperidine rings is 1. The van der Waals surface area contributed by atoms with Crippen LogP contribution in [0.25, 0.3) is 0 Å². The van der Waals surface area contributed by atoms with Gasteiger partial charge in [0.25, 0.3) is 0 Å². The summed E-state index contributed by atoms with van der Waals surface area (Å²) in [5.74, 6) is 2.62. The van der Waals surface area contributed by atoms with E-state index in [0.29, 0.717) is 19.1 Å². The Morgan fingerprint density at radius 3 is 2.69 bits per heavy atom. The molecule has 32 heavy (non-hydrogen) atoms. The van der Waals surface area contributed by atoms with Crippen LogP contribution in [-0.2, 0) is 24.9 Å². The van der Waals surface area contributed by atoms with E-state index in [0.717, 1.165) is 63.0 Å². The van der Waals surface area contributed by atoms with Crippen LogP contribution in [0.5, 0.6) is 0 Å². The topological polar surface area (TPSA) is 99.5 Å². The van der Waals surface area contributed by atoms with E-state index >= 15 is 0 Å². The van der Waals surface area contributed by atoms with Crippen LogP contribution in [0.2, 0.25) is 0 Å². The van der Waals surface area contributed by atoms with Crippen molar-refractivity contribution in [3.63, 3.8) is 0 Å². The van der Waals surface area contributed by atoms with Crippen LogP contribution in [0.1, 0.15) is 42.7 Å². The van der Waals surface area contributed by atoms with Gasteiger partial charge in [0.2, 0.25) is 5.91 Å². The van der Waals surface area contributed by atoms with Crippen LogP contribution < -0.4 is 16.0 Å². The molecule has 0 spiro atoms. The lowest BCUT2D eigenvalue weighted by Gasteiger charge is -2.32. The Morgan fingerprint density at radius 1 is 1.28 bits per heavy atom. The molecule has 178 valence electrons. The Labute approximate surface area is 211 Å². The minimum Gasteiger partial charge on any atom is -0.355 e. The molecule has 2 aromatic heterocycles. The van der Waals surface area contributed by atoms with Crippen molar-refractivity contribution in [1.82, 2.24) is 35.6 Å². The van der Waals surface area contributed by atoms with E-state index < -0.39 is 0 Å². The van der Waals surface area contributed by atoms with Gasteiger partial charge >= 0.3 is 0 Å². The summed E-state index contributed by atoms with van der Waals surface area (Å²) in [6.07, 6.45) is 2.92. The third kappa shape index (κ3) is 8.32. The Morgan fingerprint density at radius 2 is 2.06 bits per heavy atom. The molecule has 2 aromatic rings. The van der Waals surface area contributed by atoms with Crippen molar-refractivity contribution in [2.75, 3.05) is 26.2 Å². The number of carbonyl (C=O) groups excluding carboxylic acids is 1. The van der Waals surface area contributed by atoms with Gasteiger partial charge in [0.05, 0.1) is 13.1 Å². The number of amides is 1. The second-order valence-electron chi connectivity index (χ2n) is 7.86. The molecule has 9 nitrogen and oxygen atoms in total. The van der Waals surface area contributed by atoms with E-state index in [4.69, 9.17) is 4.99 Å².